The van der Waals surface area contributed by atoms with Crippen molar-refractivity contribution in [2.45, 2.75) is 30.4 Å². The van der Waals surface area contributed by atoms with E-state index in [1.165, 1.54) is 4.68 Å². The first kappa shape index (κ1) is 18.4. The maximum atomic E-state index is 12.7. The predicted molar refractivity (Wildman–Crippen MR) is 85.3 cm³/mol. The fraction of sp³-hybridized carbons (Fsp3) is 0.308. The summed E-state index contributed by atoms with van der Waals surface area (Å²) in [6.45, 7) is 3.20. The number of nitrogens with two attached hydrogens (primary N) is 1. The van der Waals surface area contributed by atoms with Crippen LogP contribution in [0.15, 0.2) is 23.4 Å². The standard InChI is InChI=1S/C13H13ClF3N5OS/c1-6(24-12-21-20-7(2)22(12)18)11(23)19-10-5-8(13(15,16)17)3-4-9(10)14/h3-6H,18H2,1-2H3,(H,19,23)/t6-/m0/s1. The fourth-order valence-corrected chi connectivity index (χ4v) is 2.65. The molecule has 1 atom stereocenters. The smallest absolute Gasteiger partial charge is 0.336 e. The van der Waals surface area contributed by atoms with Gasteiger partial charge in [-0.25, -0.2) is 4.68 Å². The number of carbonyl (C=O) groups is 1. The highest BCUT2D eigenvalue weighted by molar-refractivity contribution is 8.00. The molecule has 0 aliphatic carbocycles. The Morgan fingerprint density at radius 2 is 2.08 bits per heavy atom. The molecule has 2 rings (SSSR count). The van der Waals surface area contributed by atoms with Gasteiger partial charge < -0.3 is 11.2 Å². The first-order valence-electron chi connectivity index (χ1n) is 6.61. The van der Waals surface area contributed by atoms with Crippen LogP contribution in [0, 0.1) is 6.92 Å². The first-order valence-corrected chi connectivity index (χ1v) is 7.86. The van der Waals surface area contributed by atoms with E-state index in [1.54, 1.807) is 13.8 Å². The molecule has 1 heterocycles. The van der Waals surface area contributed by atoms with Gasteiger partial charge in [-0.1, -0.05) is 23.4 Å². The molecule has 0 saturated heterocycles. The predicted octanol–water partition coefficient (Wildman–Crippen LogP) is 3.09. The van der Waals surface area contributed by atoms with Crippen molar-refractivity contribution in [1.29, 1.82) is 0 Å². The molecule has 0 saturated carbocycles. The van der Waals surface area contributed by atoms with Gasteiger partial charge in [0.25, 0.3) is 0 Å². The van der Waals surface area contributed by atoms with E-state index in [0.717, 1.165) is 30.0 Å². The van der Waals surface area contributed by atoms with E-state index in [0.29, 0.717) is 11.0 Å². The second-order valence-corrected chi connectivity index (χ2v) is 6.56. The summed E-state index contributed by atoms with van der Waals surface area (Å²) in [5, 5.41) is 9.58. The van der Waals surface area contributed by atoms with Gasteiger partial charge in [0.05, 0.1) is 21.5 Å². The van der Waals surface area contributed by atoms with Gasteiger partial charge in [0.15, 0.2) is 0 Å². The molecule has 0 bridgehead atoms. The summed E-state index contributed by atoms with van der Waals surface area (Å²) in [4.78, 5) is 12.2. The molecule has 24 heavy (non-hydrogen) atoms. The summed E-state index contributed by atoms with van der Waals surface area (Å²) < 4.78 is 39.4. The number of rotatable bonds is 4. The number of alkyl halides is 3. The Morgan fingerprint density at radius 1 is 1.42 bits per heavy atom. The summed E-state index contributed by atoms with van der Waals surface area (Å²) >= 11 is 6.87. The van der Waals surface area contributed by atoms with Gasteiger partial charge in [-0.3, -0.25) is 4.79 Å². The Labute approximate surface area is 144 Å². The van der Waals surface area contributed by atoms with Crippen LogP contribution in [0.4, 0.5) is 18.9 Å². The molecule has 11 heteroatoms. The Hall–Kier alpha value is -1.94. The lowest BCUT2D eigenvalue weighted by atomic mass is 10.2. The molecule has 2 aromatic rings. The zero-order chi connectivity index (χ0) is 18.1. The van der Waals surface area contributed by atoms with Gasteiger partial charge in [-0.2, -0.15) is 13.2 Å². The number of thioether (sulfide) groups is 1. The third-order valence-corrected chi connectivity index (χ3v) is 4.42. The molecule has 3 N–H and O–H groups in total. The lowest BCUT2D eigenvalue weighted by Gasteiger charge is -2.14. The number of aryl methyl sites for hydroxylation is 1. The lowest BCUT2D eigenvalue weighted by molar-refractivity contribution is -0.137. The summed E-state index contributed by atoms with van der Waals surface area (Å²) in [6, 6.07) is 2.71. The first-order chi connectivity index (χ1) is 11.1. The fourth-order valence-electron chi connectivity index (χ4n) is 1.67. The van der Waals surface area contributed by atoms with Gasteiger partial charge in [0.2, 0.25) is 11.1 Å². The summed E-state index contributed by atoms with van der Waals surface area (Å²) in [6.07, 6.45) is -4.53. The van der Waals surface area contributed by atoms with Crippen molar-refractivity contribution in [2.75, 3.05) is 11.2 Å². The van der Waals surface area contributed by atoms with Crippen molar-refractivity contribution >= 4 is 35.0 Å². The third-order valence-electron chi connectivity index (χ3n) is 3.04. The van der Waals surface area contributed by atoms with E-state index >= 15 is 0 Å². The minimum Gasteiger partial charge on any atom is -0.336 e. The van der Waals surface area contributed by atoms with E-state index in [2.05, 4.69) is 15.5 Å². The van der Waals surface area contributed by atoms with Gasteiger partial charge in [-0.15, -0.1) is 10.2 Å². The van der Waals surface area contributed by atoms with Crippen molar-refractivity contribution in [3.8, 4) is 0 Å². The molecule has 6 nitrogen and oxygen atoms in total. The number of nitrogens with zero attached hydrogens (tertiary/aromatic N) is 3. The molecular formula is C13H13ClF3N5OS. The quantitative estimate of drug-likeness (QED) is 0.629. The van der Waals surface area contributed by atoms with Crippen molar-refractivity contribution in [1.82, 2.24) is 14.9 Å². The third kappa shape index (κ3) is 4.12. The van der Waals surface area contributed by atoms with E-state index < -0.39 is 22.9 Å². The molecule has 130 valence electrons. The van der Waals surface area contributed by atoms with Crippen LogP contribution in [0.2, 0.25) is 5.02 Å². The second kappa shape index (κ2) is 6.89. The maximum absolute atomic E-state index is 12.7. The number of carbonyl (C=O) groups excluding carboxylic acids is 1. The number of hydrogen-bond donors (Lipinski definition) is 2. The Morgan fingerprint density at radius 3 is 2.62 bits per heavy atom. The average molecular weight is 380 g/mol. The van der Waals surface area contributed by atoms with E-state index in [9.17, 15) is 18.0 Å². The molecule has 0 radical (unpaired) electrons. The Balaban J connectivity index is 2.13. The monoisotopic (exact) mass is 379 g/mol. The molecule has 0 fully saturated rings. The van der Waals surface area contributed by atoms with Crippen molar-refractivity contribution in [2.24, 2.45) is 0 Å². The van der Waals surface area contributed by atoms with Crippen LogP contribution in [0.5, 0.6) is 0 Å². The molecule has 1 aromatic carbocycles. The highest BCUT2D eigenvalue weighted by atomic mass is 35.5. The van der Waals surface area contributed by atoms with Crippen LogP contribution < -0.4 is 11.2 Å². The number of nitrogen functional groups attached to an aromatic ring is 1. The van der Waals surface area contributed by atoms with Gasteiger partial charge in [0.1, 0.15) is 5.82 Å². The lowest BCUT2D eigenvalue weighted by Crippen LogP contribution is -2.24. The maximum Gasteiger partial charge on any atom is 0.416 e. The highest BCUT2D eigenvalue weighted by Gasteiger charge is 2.31. The number of amides is 1. The number of anilines is 1. The van der Waals surface area contributed by atoms with Crippen LogP contribution in [0.1, 0.15) is 18.3 Å². The van der Waals surface area contributed by atoms with E-state index in [4.69, 9.17) is 17.4 Å². The van der Waals surface area contributed by atoms with Crippen LogP contribution in [0.3, 0.4) is 0 Å². The number of benzene rings is 1. The summed E-state index contributed by atoms with van der Waals surface area (Å²) in [5.41, 5.74) is -1.02. The van der Waals surface area contributed by atoms with Crippen molar-refractivity contribution in [3.05, 3.63) is 34.6 Å². The molecule has 0 aliphatic rings. The number of halogens is 4. The number of aromatic nitrogens is 3. The summed E-state index contributed by atoms with van der Waals surface area (Å²) in [7, 11) is 0. The Kier molecular flexibility index (Phi) is 5.29. The van der Waals surface area contributed by atoms with Crippen molar-refractivity contribution < 1.29 is 18.0 Å². The minimum atomic E-state index is -4.53. The minimum absolute atomic E-state index is 0.00591. The van der Waals surface area contributed by atoms with E-state index in [1.807, 2.05) is 0 Å². The van der Waals surface area contributed by atoms with Gasteiger partial charge in [0, 0.05) is 0 Å². The zero-order valence-electron chi connectivity index (χ0n) is 12.6. The zero-order valence-corrected chi connectivity index (χ0v) is 14.1. The molecule has 1 amide bonds. The molecule has 0 unspecified atom stereocenters. The molecule has 0 aliphatic heterocycles. The average Bonchev–Trinajstić information content (AvgIpc) is 2.80. The molecule has 0 spiro atoms. The van der Waals surface area contributed by atoms with Crippen LogP contribution in [-0.4, -0.2) is 26.0 Å². The molecule has 1 aromatic heterocycles. The largest absolute Gasteiger partial charge is 0.416 e. The number of nitrogens with one attached hydrogen (secondary N) is 1. The molecular weight excluding hydrogens is 367 g/mol. The normalized spacial score (nSPS) is 12.9. The van der Waals surface area contributed by atoms with E-state index in [-0.39, 0.29) is 10.7 Å². The van der Waals surface area contributed by atoms with Gasteiger partial charge in [-0.05, 0) is 32.0 Å². The number of hydrogen-bond acceptors (Lipinski definition) is 5. The highest BCUT2D eigenvalue weighted by Crippen LogP contribution is 2.34. The van der Waals surface area contributed by atoms with Crippen LogP contribution in [0.25, 0.3) is 0 Å². The van der Waals surface area contributed by atoms with Crippen LogP contribution >= 0.6 is 23.4 Å². The SMILES string of the molecule is Cc1nnc(S[C@@H](C)C(=O)Nc2cc(C(F)(F)F)ccc2Cl)n1N. The topological polar surface area (TPSA) is 85.8 Å². The van der Waals surface area contributed by atoms with Crippen LogP contribution in [-0.2, 0) is 11.0 Å². The van der Waals surface area contributed by atoms with Gasteiger partial charge >= 0.3 is 6.18 Å². The Bertz CT molecular complexity index is 765. The summed E-state index contributed by atoms with van der Waals surface area (Å²) in [5.74, 6) is 5.61. The second-order valence-electron chi connectivity index (χ2n) is 4.84. The van der Waals surface area contributed by atoms with Crippen molar-refractivity contribution in [3.63, 3.8) is 0 Å².